The smallest absolute Gasteiger partial charge is 0.481 e. The minimum Gasteiger partial charge on any atom is -0.481 e. The van der Waals surface area contributed by atoms with Crippen molar-refractivity contribution in [2.24, 2.45) is 11.3 Å². The number of carbonyl (C=O) groups is 2. The van der Waals surface area contributed by atoms with Gasteiger partial charge in [-0.3, -0.25) is 9.69 Å². The summed E-state index contributed by atoms with van der Waals surface area (Å²) in [6, 6.07) is 12.2. The topological polar surface area (TPSA) is 107 Å². The minimum atomic E-state index is -5.08. The number of aromatic nitrogens is 2. The average molecular weight is 466 g/mol. The Morgan fingerprint density at radius 3 is 2.27 bits per heavy atom. The van der Waals surface area contributed by atoms with Crippen molar-refractivity contribution >= 4 is 17.9 Å². The summed E-state index contributed by atoms with van der Waals surface area (Å²) in [5.41, 5.74) is 0.571. The fourth-order valence-corrected chi connectivity index (χ4v) is 4.45. The Kier molecular flexibility index (Phi) is 7.52. The van der Waals surface area contributed by atoms with E-state index in [4.69, 9.17) is 9.90 Å². The molecule has 8 nitrogen and oxygen atoms in total. The molecule has 1 aromatic heterocycles. The molecule has 2 fully saturated rings. The SMILES string of the molecule is O=C(O)C(F)(F)F.O=C(O)[C@]12CCCN(Cc3ccccc3)C[C@H]1CN(c1ncccn1)C2. The van der Waals surface area contributed by atoms with Gasteiger partial charge in [-0.05, 0) is 31.0 Å². The number of benzene rings is 1. The number of halogens is 3. The molecular weight excluding hydrogens is 441 g/mol. The van der Waals surface area contributed by atoms with Crippen LogP contribution in [-0.2, 0) is 16.1 Å². The lowest BCUT2D eigenvalue weighted by Gasteiger charge is -2.29. The molecular formula is C22H25F3N4O4. The molecule has 33 heavy (non-hydrogen) atoms. The summed E-state index contributed by atoms with van der Waals surface area (Å²) in [6.07, 6.45) is -0.0436. The second-order valence-electron chi connectivity index (χ2n) is 8.21. The first-order valence-corrected chi connectivity index (χ1v) is 10.4. The van der Waals surface area contributed by atoms with E-state index in [0.29, 0.717) is 25.5 Å². The van der Waals surface area contributed by atoms with E-state index in [1.807, 2.05) is 11.0 Å². The van der Waals surface area contributed by atoms with Crippen molar-refractivity contribution in [3.8, 4) is 0 Å². The Labute approximate surface area is 188 Å². The quantitative estimate of drug-likeness (QED) is 0.709. The highest BCUT2D eigenvalue weighted by atomic mass is 19.4. The third-order valence-corrected chi connectivity index (χ3v) is 6.02. The van der Waals surface area contributed by atoms with Crippen LogP contribution in [-0.4, -0.2) is 69.4 Å². The standard InChI is InChI=1S/C20H24N4O2.C2HF3O2/c25-18(26)20-8-4-11-23(12-16-6-2-1-3-7-16)13-17(20)14-24(15-20)19-21-9-5-10-22-19;3-2(4,5)1(6)7/h1-3,5-7,9-10,17H,4,8,11-15H2,(H,25,26);(H,6,7)/t17-,20-;/m0./s1. The first-order valence-electron chi connectivity index (χ1n) is 10.4. The van der Waals surface area contributed by atoms with Gasteiger partial charge in [0, 0.05) is 44.5 Å². The first-order chi connectivity index (χ1) is 15.6. The molecule has 2 atom stereocenters. The van der Waals surface area contributed by atoms with Gasteiger partial charge < -0.3 is 15.1 Å². The number of likely N-dealkylation sites (tertiary alicyclic amines) is 1. The minimum absolute atomic E-state index is 0.0787. The molecule has 178 valence electrons. The van der Waals surface area contributed by atoms with Gasteiger partial charge in [0.2, 0.25) is 5.95 Å². The molecule has 2 aromatic rings. The molecule has 1 aromatic carbocycles. The number of carboxylic acid groups (broad SMARTS) is 2. The number of hydrogen-bond donors (Lipinski definition) is 2. The van der Waals surface area contributed by atoms with Crippen molar-refractivity contribution in [2.45, 2.75) is 25.6 Å². The summed E-state index contributed by atoms with van der Waals surface area (Å²) < 4.78 is 31.7. The van der Waals surface area contributed by atoms with Crippen LogP contribution in [0.25, 0.3) is 0 Å². The maximum atomic E-state index is 12.3. The van der Waals surface area contributed by atoms with Crippen molar-refractivity contribution in [1.29, 1.82) is 0 Å². The van der Waals surface area contributed by atoms with Crippen LogP contribution in [0.4, 0.5) is 19.1 Å². The molecule has 0 unspecified atom stereocenters. The van der Waals surface area contributed by atoms with Gasteiger partial charge in [0.15, 0.2) is 0 Å². The fraction of sp³-hybridized carbons (Fsp3) is 0.455. The van der Waals surface area contributed by atoms with Crippen LogP contribution in [0.15, 0.2) is 48.8 Å². The van der Waals surface area contributed by atoms with Gasteiger partial charge in [-0.15, -0.1) is 0 Å². The van der Waals surface area contributed by atoms with E-state index in [0.717, 1.165) is 26.1 Å². The molecule has 0 spiro atoms. The number of alkyl halides is 3. The third-order valence-electron chi connectivity index (χ3n) is 6.02. The summed E-state index contributed by atoms with van der Waals surface area (Å²) >= 11 is 0. The first kappa shape index (κ1) is 24.4. The Bertz CT molecular complexity index is 946. The van der Waals surface area contributed by atoms with Crippen LogP contribution >= 0.6 is 0 Å². The summed E-state index contributed by atoms with van der Waals surface area (Å²) in [6.45, 7) is 3.81. The van der Waals surface area contributed by atoms with E-state index in [1.165, 1.54) is 5.56 Å². The van der Waals surface area contributed by atoms with E-state index in [1.54, 1.807) is 18.5 Å². The molecule has 2 saturated heterocycles. The van der Waals surface area contributed by atoms with Crippen molar-refractivity contribution < 1.29 is 33.0 Å². The predicted molar refractivity (Wildman–Crippen MR) is 112 cm³/mol. The summed E-state index contributed by atoms with van der Waals surface area (Å²) in [7, 11) is 0. The van der Waals surface area contributed by atoms with Crippen LogP contribution < -0.4 is 4.90 Å². The Balaban J connectivity index is 0.000000383. The van der Waals surface area contributed by atoms with Crippen molar-refractivity contribution in [1.82, 2.24) is 14.9 Å². The Hall–Kier alpha value is -3.21. The fourth-order valence-electron chi connectivity index (χ4n) is 4.45. The Morgan fingerprint density at radius 1 is 1.06 bits per heavy atom. The molecule has 0 radical (unpaired) electrons. The molecule has 3 heterocycles. The van der Waals surface area contributed by atoms with Gasteiger partial charge in [-0.25, -0.2) is 14.8 Å². The van der Waals surface area contributed by atoms with Gasteiger partial charge in [0.1, 0.15) is 0 Å². The number of fused-ring (bicyclic) bond motifs is 1. The number of aliphatic carboxylic acids is 2. The van der Waals surface area contributed by atoms with E-state index in [-0.39, 0.29) is 5.92 Å². The highest BCUT2D eigenvalue weighted by Crippen LogP contribution is 2.43. The molecule has 0 bridgehead atoms. The molecule has 4 rings (SSSR count). The zero-order chi connectivity index (χ0) is 24.1. The second-order valence-corrected chi connectivity index (χ2v) is 8.21. The zero-order valence-electron chi connectivity index (χ0n) is 17.8. The van der Waals surface area contributed by atoms with Crippen LogP contribution in [0.1, 0.15) is 18.4 Å². The van der Waals surface area contributed by atoms with E-state index in [2.05, 4.69) is 39.1 Å². The molecule has 2 N–H and O–H groups in total. The number of nitrogens with zero attached hydrogens (tertiary/aromatic N) is 4. The lowest BCUT2D eigenvalue weighted by molar-refractivity contribution is -0.192. The number of anilines is 1. The highest BCUT2D eigenvalue weighted by Gasteiger charge is 2.53. The summed E-state index contributed by atoms with van der Waals surface area (Å²) in [5.74, 6) is -2.72. The van der Waals surface area contributed by atoms with Gasteiger partial charge in [-0.2, -0.15) is 13.2 Å². The molecule has 2 aliphatic rings. The molecule has 0 aliphatic carbocycles. The maximum absolute atomic E-state index is 12.3. The van der Waals surface area contributed by atoms with E-state index < -0.39 is 23.5 Å². The van der Waals surface area contributed by atoms with E-state index >= 15 is 0 Å². The van der Waals surface area contributed by atoms with Crippen LogP contribution in [0.3, 0.4) is 0 Å². The molecule has 11 heteroatoms. The summed E-state index contributed by atoms with van der Waals surface area (Å²) in [4.78, 5) is 34.3. The van der Waals surface area contributed by atoms with Crippen LogP contribution in [0, 0.1) is 11.3 Å². The van der Waals surface area contributed by atoms with Gasteiger partial charge >= 0.3 is 18.1 Å². The lowest BCUT2D eigenvalue weighted by atomic mass is 9.75. The highest BCUT2D eigenvalue weighted by molar-refractivity contribution is 5.77. The van der Waals surface area contributed by atoms with Crippen molar-refractivity contribution in [2.75, 3.05) is 31.1 Å². The van der Waals surface area contributed by atoms with Crippen LogP contribution in [0.2, 0.25) is 0 Å². The molecule has 2 aliphatic heterocycles. The average Bonchev–Trinajstić information content (AvgIpc) is 3.05. The monoisotopic (exact) mass is 466 g/mol. The largest absolute Gasteiger partial charge is 0.490 e. The zero-order valence-corrected chi connectivity index (χ0v) is 17.8. The normalized spacial score (nSPS) is 23.1. The number of carboxylic acids is 2. The van der Waals surface area contributed by atoms with Crippen LogP contribution in [0.5, 0.6) is 0 Å². The maximum Gasteiger partial charge on any atom is 0.490 e. The van der Waals surface area contributed by atoms with Gasteiger partial charge in [-0.1, -0.05) is 30.3 Å². The van der Waals surface area contributed by atoms with E-state index in [9.17, 15) is 23.1 Å². The second kappa shape index (κ2) is 10.2. The summed E-state index contributed by atoms with van der Waals surface area (Å²) in [5, 5.41) is 17.2. The van der Waals surface area contributed by atoms with Crippen molar-refractivity contribution in [3.05, 3.63) is 54.4 Å². The molecule has 0 saturated carbocycles. The van der Waals surface area contributed by atoms with Gasteiger partial charge in [0.25, 0.3) is 0 Å². The molecule has 0 amide bonds. The Morgan fingerprint density at radius 2 is 1.70 bits per heavy atom. The third kappa shape index (κ3) is 5.98. The van der Waals surface area contributed by atoms with Crippen molar-refractivity contribution in [3.63, 3.8) is 0 Å². The van der Waals surface area contributed by atoms with Gasteiger partial charge in [0.05, 0.1) is 5.41 Å². The predicted octanol–water partition coefficient (Wildman–Crippen LogP) is 2.91. The number of hydrogen-bond acceptors (Lipinski definition) is 6. The lowest BCUT2D eigenvalue weighted by Crippen LogP contribution is -2.41. The number of rotatable bonds is 4.